The van der Waals surface area contributed by atoms with Crippen molar-refractivity contribution < 1.29 is 13.2 Å². The highest BCUT2D eigenvalue weighted by atomic mass is 32.2. The van der Waals surface area contributed by atoms with Crippen molar-refractivity contribution in [1.29, 1.82) is 0 Å². The van der Waals surface area contributed by atoms with Gasteiger partial charge in [0.05, 0.1) is 11.4 Å². The van der Waals surface area contributed by atoms with E-state index in [1.54, 1.807) is 24.4 Å². The minimum absolute atomic E-state index is 0.125. The van der Waals surface area contributed by atoms with Gasteiger partial charge in [-0.2, -0.15) is 5.10 Å². The van der Waals surface area contributed by atoms with Crippen LogP contribution in [0, 0.1) is 5.92 Å². The van der Waals surface area contributed by atoms with Gasteiger partial charge in [0, 0.05) is 6.21 Å². The maximum atomic E-state index is 11.9. The summed E-state index contributed by atoms with van der Waals surface area (Å²) in [7, 11) is -3.67. The second kappa shape index (κ2) is 7.86. The molecule has 118 valence electrons. The van der Waals surface area contributed by atoms with Gasteiger partial charge in [-0.25, -0.2) is 18.6 Å². The molecule has 0 fully saturated rings. The Labute approximate surface area is 130 Å². The van der Waals surface area contributed by atoms with Crippen molar-refractivity contribution in [1.82, 2.24) is 10.1 Å². The van der Waals surface area contributed by atoms with Crippen molar-refractivity contribution in [2.24, 2.45) is 11.0 Å². The lowest BCUT2D eigenvalue weighted by molar-refractivity contribution is -0.119. The molecule has 1 aromatic carbocycles. The van der Waals surface area contributed by atoms with Gasteiger partial charge >= 0.3 is 0 Å². The van der Waals surface area contributed by atoms with Crippen molar-refractivity contribution in [2.45, 2.75) is 24.2 Å². The quantitative estimate of drug-likeness (QED) is 0.472. The average Bonchev–Trinajstić information content (AvgIpc) is 2.55. The second-order valence-corrected chi connectivity index (χ2v) is 6.76. The van der Waals surface area contributed by atoms with Crippen LogP contribution in [0.25, 0.3) is 0 Å². The molecule has 6 nitrogen and oxygen atoms in total. The first-order chi connectivity index (χ1) is 10.6. The number of benzene rings is 1. The number of nitrogens with zero attached hydrogens (tertiary/aromatic N) is 1. The van der Waals surface area contributed by atoms with Gasteiger partial charge in [-0.3, -0.25) is 4.79 Å². The molecule has 1 atom stereocenters. The standard InChI is InChI=1S/C15H19N3O3S/c19-15(18-16-11-13-7-3-1-4-8-13)12-17-22(20,21)14-9-5-2-6-10-14/h1-3,5-6,9-11,13,17H,4,7-8,12H2,(H,18,19)/b16-11-/t13-/m1/s1. The van der Waals surface area contributed by atoms with E-state index in [4.69, 9.17) is 0 Å². The van der Waals surface area contributed by atoms with E-state index in [0.717, 1.165) is 19.3 Å². The number of allylic oxidation sites excluding steroid dienone is 2. The summed E-state index contributed by atoms with van der Waals surface area (Å²) in [6, 6.07) is 7.90. The summed E-state index contributed by atoms with van der Waals surface area (Å²) in [6.07, 6.45) is 8.86. The Morgan fingerprint density at radius 2 is 2.05 bits per heavy atom. The Morgan fingerprint density at radius 1 is 1.27 bits per heavy atom. The number of amides is 1. The maximum absolute atomic E-state index is 11.9. The highest BCUT2D eigenvalue weighted by Gasteiger charge is 2.14. The molecule has 0 saturated heterocycles. The van der Waals surface area contributed by atoms with E-state index in [1.807, 2.05) is 0 Å². The topological polar surface area (TPSA) is 87.6 Å². The third-order valence-electron chi connectivity index (χ3n) is 3.26. The lowest BCUT2D eigenvalue weighted by Crippen LogP contribution is -2.35. The number of carbonyl (C=O) groups is 1. The van der Waals surface area contributed by atoms with Crippen LogP contribution in [0.1, 0.15) is 19.3 Å². The molecule has 1 aromatic rings. The highest BCUT2D eigenvalue weighted by Crippen LogP contribution is 2.15. The van der Waals surface area contributed by atoms with Crippen LogP contribution in [0.2, 0.25) is 0 Å². The first-order valence-electron chi connectivity index (χ1n) is 7.09. The van der Waals surface area contributed by atoms with E-state index in [2.05, 4.69) is 27.4 Å². The minimum atomic E-state index is -3.67. The monoisotopic (exact) mass is 321 g/mol. The zero-order chi connectivity index (χ0) is 15.8. The summed E-state index contributed by atoms with van der Waals surface area (Å²) in [6.45, 7) is -0.348. The summed E-state index contributed by atoms with van der Waals surface area (Å²) in [5, 5.41) is 3.88. The highest BCUT2D eigenvalue weighted by molar-refractivity contribution is 7.89. The predicted octanol–water partition coefficient (Wildman–Crippen LogP) is 1.42. The lowest BCUT2D eigenvalue weighted by atomic mass is 9.96. The van der Waals surface area contributed by atoms with Crippen molar-refractivity contribution >= 4 is 22.1 Å². The Bertz CT molecular complexity index is 654. The number of hydrogen-bond acceptors (Lipinski definition) is 4. The van der Waals surface area contributed by atoms with Crippen LogP contribution in [-0.4, -0.2) is 27.1 Å². The van der Waals surface area contributed by atoms with Crippen LogP contribution in [0.4, 0.5) is 0 Å². The zero-order valence-corrected chi connectivity index (χ0v) is 12.9. The van der Waals surface area contributed by atoms with Gasteiger partial charge in [0.2, 0.25) is 10.0 Å². The van der Waals surface area contributed by atoms with Gasteiger partial charge in [0.15, 0.2) is 0 Å². The molecule has 0 saturated carbocycles. The smallest absolute Gasteiger partial charge is 0.255 e. The lowest BCUT2D eigenvalue weighted by Gasteiger charge is -2.11. The molecule has 2 N–H and O–H groups in total. The Morgan fingerprint density at radius 3 is 2.73 bits per heavy atom. The van der Waals surface area contributed by atoms with Crippen molar-refractivity contribution in [3.63, 3.8) is 0 Å². The van der Waals surface area contributed by atoms with E-state index < -0.39 is 15.9 Å². The van der Waals surface area contributed by atoms with Crippen LogP contribution in [0.15, 0.2) is 52.5 Å². The summed E-state index contributed by atoms with van der Waals surface area (Å²) < 4.78 is 26.1. The fourth-order valence-electron chi connectivity index (χ4n) is 2.05. The number of hydrogen-bond donors (Lipinski definition) is 2. The number of sulfonamides is 1. The maximum Gasteiger partial charge on any atom is 0.255 e. The van der Waals surface area contributed by atoms with Crippen molar-refractivity contribution in [2.75, 3.05) is 6.54 Å². The molecule has 0 spiro atoms. The molecule has 0 radical (unpaired) electrons. The molecule has 1 aliphatic carbocycles. The summed E-state index contributed by atoms with van der Waals surface area (Å²) in [5.41, 5.74) is 2.33. The summed E-state index contributed by atoms with van der Waals surface area (Å²) in [5.74, 6) is -0.173. The van der Waals surface area contributed by atoms with Crippen LogP contribution in [0.3, 0.4) is 0 Å². The zero-order valence-electron chi connectivity index (χ0n) is 12.1. The van der Waals surface area contributed by atoms with Gasteiger partial charge in [0.1, 0.15) is 0 Å². The molecule has 7 heteroatoms. The Hall–Kier alpha value is -1.99. The molecular weight excluding hydrogens is 302 g/mol. The van der Waals surface area contributed by atoms with Crippen LogP contribution in [-0.2, 0) is 14.8 Å². The van der Waals surface area contributed by atoms with Gasteiger partial charge in [-0.1, -0.05) is 30.4 Å². The summed E-state index contributed by atoms with van der Waals surface area (Å²) in [4.78, 5) is 11.7. The van der Waals surface area contributed by atoms with Gasteiger partial charge in [-0.15, -0.1) is 0 Å². The van der Waals surface area contributed by atoms with E-state index in [9.17, 15) is 13.2 Å². The van der Waals surface area contributed by atoms with E-state index in [-0.39, 0.29) is 11.4 Å². The third-order valence-corrected chi connectivity index (χ3v) is 4.68. The first-order valence-corrected chi connectivity index (χ1v) is 8.58. The molecule has 1 amide bonds. The summed E-state index contributed by atoms with van der Waals surface area (Å²) >= 11 is 0. The molecule has 2 rings (SSSR count). The van der Waals surface area contributed by atoms with E-state index in [0.29, 0.717) is 5.92 Å². The van der Waals surface area contributed by atoms with Gasteiger partial charge in [0.25, 0.3) is 5.91 Å². The van der Waals surface area contributed by atoms with Crippen LogP contribution < -0.4 is 10.1 Å². The second-order valence-electron chi connectivity index (χ2n) is 5.00. The largest absolute Gasteiger partial charge is 0.272 e. The fourth-order valence-corrected chi connectivity index (χ4v) is 3.05. The van der Waals surface area contributed by atoms with E-state index in [1.165, 1.54) is 12.1 Å². The number of carbonyl (C=O) groups excluding carboxylic acids is 1. The normalized spacial score (nSPS) is 18.5. The number of nitrogens with one attached hydrogen (secondary N) is 2. The van der Waals surface area contributed by atoms with Crippen LogP contribution in [0.5, 0.6) is 0 Å². The Balaban J connectivity index is 1.78. The Kier molecular flexibility index (Phi) is 5.85. The van der Waals surface area contributed by atoms with Crippen molar-refractivity contribution in [3.8, 4) is 0 Å². The molecule has 1 aliphatic rings. The molecule has 22 heavy (non-hydrogen) atoms. The number of hydrazone groups is 1. The van der Waals surface area contributed by atoms with E-state index >= 15 is 0 Å². The number of rotatable bonds is 6. The molecule has 0 unspecified atom stereocenters. The molecule has 0 aromatic heterocycles. The van der Waals surface area contributed by atoms with Gasteiger partial charge in [-0.05, 0) is 37.3 Å². The average molecular weight is 321 g/mol. The third kappa shape index (κ3) is 5.09. The molecule has 0 bridgehead atoms. The SMILES string of the molecule is O=C(CNS(=O)(=O)c1ccccc1)N/N=C\[C@@H]1CC=CCC1. The van der Waals surface area contributed by atoms with Gasteiger partial charge < -0.3 is 0 Å². The molecule has 0 heterocycles. The minimum Gasteiger partial charge on any atom is -0.272 e. The molecule has 0 aliphatic heterocycles. The first kappa shape index (κ1) is 16.4. The van der Waals surface area contributed by atoms with Crippen molar-refractivity contribution in [3.05, 3.63) is 42.5 Å². The molecular formula is C15H19N3O3S. The predicted molar refractivity (Wildman–Crippen MR) is 84.7 cm³/mol. The fraction of sp³-hybridized carbons (Fsp3) is 0.333. The van der Waals surface area contributed by atoms with Crippen LogP contribution >= 0.6 is 0 Å².